The fourth-order valence-corrected chi connectivity index (χ4v) is 1.31. The monoisotopic (exact) mass is 268 g/mol. The van der Waals surface area contributed by atoms with Gasteiger partial charge in [0.15, 0.2) is 6.61 Å². The number of hydrogen-bond acceptors (Lipinski definition) is 4. The number of hydrogen-bond donors (Lipinski definition) is 0. The first-order valence-electron chi connectivity index (χ1n) is 5.60. The highest BCUT2D eigenvalue weighted by atomic mass is 16.5. The van der Waals surface area contributed by atoms with E-state index in [-0.39, 0.29) is 31.1 Å². The average Bonchev–Trinajstić information content (AvgIpc) is 2.48. The smallest absolute Gasteiger partial charge is 0.342 e. The largest absolute Gasteiger partial charge is 0.481 e. The van der Waals surface area contributed by atoms with Crippen molar-refractivity contribution in [3.05, 3.63) is 23.8 Å². The highest BCUT2D eigenvalue weighted by Gasteiger charge is 2.15. The SMILES string of the molecule is C#CCOC(=O)c1ccc(OCC#C)cc1OCC#C. The lowest BCUT2D eigenvalue weighted by molar-refractivity contribution is 0.0552. The molecule has 0 saturated carbocycles. The van der Waals surface area contributed by atoms with E-state index in [2.05, 4.69) is 17.8 Å². The number of ether oxygens (including phenoxy) is 3. The van der Waals surface area contributed by atoms with Crippen molar-refractivity contribution in [3.8, 4) is 48.5 Å². The lowest BCUT2D eigenvalue weighted by atomic mass is 10.2. The van der Waals surface area contributed by atoms with E-state index in [9.17, 15) is 4.79 Å². The third-order valence-electron chi connectivity index (χ3n) is 2.09. The van der Waals surface area contributed by atoms with Crippen molar-refractivity contribution >= 4 is 5.97 Å². The first-order chi connectivity index (χ1) is 9.72. The number of carbonyl (C=O) groups is 1. The van der Waals surface area contributed by atoms with Gasteiger partial charge in [-0.3, -0.25) is 0 Å². The highest BCUT2D eigenvalue weighted by Crippen LogP contribution is 2.25. The van der Waals surface area contributed by atoms with E-state index in [1.54, 1.807) is 6.07 Å². The summed E-state index contributed by atoms with van der Waals surface area (Å²) in [5.74, 6) is 6.96. The molecule has 0 fully saturated rings. The molecule has 1 aromatic carbocycles. The maximum Gasteiger partial charge on any atom is 0.342 e. The molecule has 0 aliphatic carbocycles. The second kappa shape index (κ2) is 8.14. The fraction of sp³-hybridized carbons (Fsp3) is 0.188. The normalized spacial score (nSPS) is 8.65. The number of esters is 1. The molecule has 0 spiro atoms. The van der Waals surface area contributed by atoms with Crippen LogP contribution in [0.1, 0.15) is 10.4 Å². The molecule has 20 heavy (non-hydrogen) atoms. The van der Waals surface area contributed by atoms with Crippen LogP contribution in [0.2, 0.25) is 0 Å². The molecule has 0 unspecified atom stereocenters. The summed E-state index contributed by atoms with van der Waals surface area (Å²) in [6.07, 6.45) is 15.3. The van der Waals surface area contributed by atoms with Crippen molar-refractivity contribution in [2.45, 2.75) is 0 Å². The van der Waals surface area contributed by atoms with Gasteiger partial charge in [-0.2, -0.15) is 0 Å². The number of carbonyl (C=O) groups excluding carboxylic acids is 1. The summed E-state index contributed by atoms with van der Waals surface area (Å²) in [4.78, 5) is 11.8. The standard InChI is InChI=1S/C16H12O4/c1-4-9-18-13-7-8-14(16(17)20-11-6-3)15(12-13)19-10-5-2/h1-3,7-8,12H,9-11H2. The molecule has 0 aliphatic heterocycles. The molecule has 0 heterocycles. The van der Waals surface area contributed by atoms with E-state index < -0.39 is 5.97 Å². The topological polar surface area (TPSA) is 44.8 Å². The summed E-state index contributed by atoms with van der Waals surface area (Å²) in [6, 6.07) is 4.59. The minimum atomic E-state index is -0.599. The van der Waals surface area contributed by atoms with Crippen LogP contribution in [0.3, 0.4) is 0 Å². The van der Waals surface area contributed by atoms with E-state index in [0.717, 1.165) is 0 Å². The Morgan fingerprint density at radius 2 is 1.65 bits per heavy atom. The van der Waals surface area contributed by atoms with Crippen LogP contribution in [-0.2, 0) is 4.74 Å². The Labute approximate surface area is 118 Å². The molecule has 0 N–H and O–H groups in total. The molecule has 0 aliphatic rings. The Hall–Kier alpha value is -3.03. The van der Waals surface area contributed by atoms with Crippen molar-refractivity contribution < 1.29 is 19.0 Å². The van der Waals surface area contributed by atoms with Gasteiger partial charge in [-0.25, -0.2) is 4.79 Å². The highest BCUT2D eigenvalue weighted by molar-refractivity contribution is 5.92. The average molecular weight is 268 g/mol. The summed E-state index contributed by atoms with van der Waals surface area (Å²) in [7, 11) is 0. The van der Waals surface area contributed by atoms with E-state index in [0.29, 0.717) is 5.75 Å². The van der Waals surface area contributed by atoms with Crippen molar-refractivity contribution in [3.63, 3.8) is 0 Å². The van der Waals surface area contributed by atoms with Crippen molar-refractivity contribution in [2.75, 3.05) is 19.8 Å². The van der Waals surface area contributed by atoms with Gasteiger partial charge in [0, 0.05) is 6.07 Å². The first-order valence-corrected chi connectivity index (χ1v) is 5.60. The molecule has 4 nitrogen and oxygen atoms in total. The third-order valence-corrected chi connectivity index (χ3v) is 2.09. The predicted molar refractivity (Wildman–Crippen MR) is 74.2 cm³/mol. The Kier molecular flexibility index (Phi) is 6.12. The maximum absolute atomic E-state index is 11.8. The van der Waals surface area contributed by atoms with Gasteiger partial charge in [0.2, 0.25) is 0 Å². The summed E-state index contributed by atoms with van der Waals surface area (Å²) in [5, 5.41) is 0. The van der Waals surface area contributed by atoms with Gasteiger partial charge in [0.1, 0.15) is 30.3 Å². The summed E-state index contributed by atoms with van der Waals surface area (Å²) in [5.41, 5.74) is 0.212. The molecule has 0 atom stereocenters. The quantitative estimate of drug-likeness (QED) is 0.579. The molecule has 1 aromatic rings. The van der Waals surface area contributed by atoms with Crippen LogP contribution >= 0.6 is 0 Å². The van der Waals surface area contributed by atoms with Crippen LogP contribution in [0, 0.1) is 37.0 Å². The Morgan fingerprint density at radius 1 is 1.00 bits per heavy atom. The molecule has 0 bridgehead atoms. The molecular weight excluding hydrogens is 256 g/mol. The van der Waals surface area contributed by atoms with E-state index in [1.165, 1.54) is 12.1 Å². The van der Waals surface area contributed by atoms with Crippen LogP contribution < -0.4 is 9.47 Å². The van der Waals surface area contributed by atoms with E-state index in [1.807, 2.05) is 0 Å². The van der Waals surface area contributed by atoms with Crippen molar-refractivity contribution in [2.24, 2.45) is 0 Å². The molecular formula is C16H12O4. The van der Waals surface area contributed by atoms with Crippen molar-refractivity contribution in [1.82, 2.24) is 0 Å². The van der Waals surface area contributed by atoms with E-state index >= 15 is 0 Å². The van der Waals surface area contributed by atoms with Gasteiger partial charge in [0.25, 0.3) is 0 Å². The van der Waals surface area contributed by atoms with Crippen molar-refractivity contribution in [1.29, 1.82) is 0 Å². The van der Waals surface area contributed by atoms with Crippen LogP contribution in [0.4, 0.5) is 0 Å². The zero-order valence-electron chi connectivity index (χ0n) is 10.7. The molecule has 0 saturated heterocycles. The molecule has 100 valence electrons. The predicted octanol–water partition coefficient (Wildman–Crippen LogP) is 1.50. The maximum atomic E-state index is 11.8. The number of benzene rings is 1. The first kappa shape index (κ1) is 15.0. The van der Waals surface area contributed by atoms with Crippen LogP contribution in [0.15, 0.2) is 18.2 Å². The van der Waals surface area contributed by atoms with Gasteiger partial charge in [-0.05, 0) is 12.1 Å². The Morgan fingerprint density at radius 3 is 2.30 bits per heavy atom. The number of rotatable bonds is 6. The second-order valence-corrected chi connectivity index (χ2v) is 3.42. The van der Waals surface area contributed by atoms with Gasteiger partial charge in [-0.15, -0.1) is 19.3 Å². The third kappa shape index (κ3) is 4.33. The number of terminal acetylenes is 3. The summed E-state index contributed by atoms with van der Waals surface area (Å²) >= 11 is 0. The molecule has 1 rings (SSSR count). The zero-order chi connectivity index (χ0) is 14.8. The molecule has 0 aromatic heterocycles. The molecule has 0 radical (unpaired) electrons. The molecule has 4 heteroatoms. The van der Waals surface area contributed by atoms with Gasteiger partial charge in [-0.1, -0.05) is 17.8 Å². The fourth-order valence-electron chi connectivity index (χ4n) is 1.31. The minimum absolute atomic E-state index is 0.00795. The Balaban J connectivity index is 2.98. The summed E-state index contributed by atoms with van der Waals surface area (Å²) in [6.45, 7) is -0.00770. The second-order valence-electron chi connectivity index (χ2n) is 3.42. The van der Waals surface area contributed by atoms with Gasteiger partial charge >= 0.3 is 5.97 Å². The van der Waals surface area contributed by atoms with Gasteiger partial charge in [0.05, 0.1) is 0 Å². The molecule has 0 amide bonds. The zero-order valence-corrected chi connectivity index (χ0v) is 10.7. The van der Waals surface area contributed by atoms with Crippen LogP contribution in [0.25, 0.3) is 0 Å². The lowest BCUT2D eigenvalue weighted by Gasteiger charge is -2.11. The van der Waals surface area contributed by atoms with E-state index in [4.69, 9.17) is 33.5 Å². The minimum Gasteiger partial charge on any atom is -0.481 e. The summed E-state index contributed by atoms with van der Waals surface area (Å²) < 4.78 is 15.4. The van der Waals surface area contributed by atoms with Gasteiger partial charge < -0.3 is 14.2 Å². The lowest BCUT2D eigenvalue weighted by Crippen LogP contribution is -2.09. The Bertz CT molecular complexity index is 596. The van der Waals surface area contributed by atoms with Crippen LogP contribution in [0.5, 0.6) is 11.5 Å². The van der Waals surface area contributed by atoms with Crippen LogP contribution in [-0.4, -0.2) is 25.8 Å².